The van der Waals surface area contributed by atoms with Gasteiger partial charge in [-0.05, 0) is 30.6 Å². The van der Waals surface area contributed by atoms with Crippen molar-refractivity contribution in [2.24, 2.45) is 17.8 Å². The van der Waals surface area contributed by atoms with Crippen molar-refractivity contribution in [1.82, 2.24) is 21.3 Å². The SMILES string of the molecule is CCCNC(=O)C(CC(C)C)NC(=O)C(NC(=O)C(NC=O)C(C)C)C(C)C. The van der Waals surface area contributed by atoms with E-state index in [0.29, 0.717) is 19.4 Å². The van der Waals surface area contributed by atoms with Crippen LogP contribution in [-0.2, 0) is 19.2 Å². The fourth-order valence-corrected chi connectivity index (χ4v) is 2.76. The Bertz CT molecular complexity index is 520. The number of hydrogen-bond donors (Lipinski definition) is 4. The molecule has 0 saturated heterocycles. The summed E-state index contributed by atoms with van der Waals surface area (Å²) < 4.78 is 0. The third kappa shape index (κ3) is 9.19. The van der Waals surface area contributed by atoms with Crippen molar-refractivity contribution < 1.29 is 19.2 Å². The van der Waals surface area contributed by atoms with Crippen LogP contribution >= 0.6 is 0 Å². The number of carbonyl (C=O) groups excluding carboxylic acids is 4. The van der Waals surface area contributed by atoms with Gasteiger partial charge in [-0.15, -0.1) is 0 Å². The Hall–Kier alpha value is -2.12. The molecule has 0 aliphatic rings. The van der Waals surface area contributed by atoms with Crippen molar-refractivity contribution in [2.45, 2.75) is 79.4 Å². The molecule has 0 radical (unpaired) electrons. The van der Waals surface area contributed by atoms with E-state index in [2.05, 4.69) is 21.3 Å². The summed E-state index contributed by atoms with van der Waals surface area (Å²) in [6.07, 6.45) is 1.78. The highest BCUT2D eigenvalue weighted by Crippen LogP contribution is 2.09. The fourth-order valence-electron chi connectivity index (χ4n) is 2.76. The molecular weight excluding hydrogens is 360 g/mol. The van der Waals surface area contributed by atoms with Crippen LogP contribution in [0.25, 0.3) is 0 Å². The van der Waals surface area contributed by atoms with E-state index in [-0.39, 0.29) is 23.7 Å². The second-order valence-corrected chi connectivity index (χ2v) is 8.22. The van der Waals surface area contributed by atoms with Crippen LogP contribution in [0.3, 0.4) is 0 Å². The molecule has 162 valence electrons. The van der Waals surface area contributed by atoms with Crippen LogP contribution in [0.4, 0.5) is 0 Å². The van der Waals surface area contributed by atoms with Crippen LogP contribution in [0, 0.1) is 17.8 Å². The minimum absolute atomic E-state index is 0.130. The highest BCUT2D eigenvalue weighted by atomic mass is 16.2. The smallest absolute Gasteiger partial charge is 0.243 e. The zero-order valence-electron chi connectivity index (χ0n) is 18.3. The topological polar surface area (TPSA) is 116 Å². The Kier molecular flexibility index (Phi) is 12.1. The summed E-state index contributed by atoms with van der Waals surface area (Å²) >= 11 is 0. The van der Waals surface area contributed by atoms with E-state index in [1.807, 2.05) is 48.5 Å². The Morgan fingerprint density at radius 2 is 1.36 bits per heavy atom. The quantitative estimate of drug-likeness (QED) is 0.346. The molecule has 8 heteroatoms. The molecule has 28 heavy (non-hydrogen) atoms. The van der Waals surface area contributed by atoms with Gasteiger partial charge in [-0.25, -0.2) is 0 Å². The first kappa shape index (κ1) is 25.9. The van der Waals surface area contributed by atoms with Crippen molar-refractivity contribution in [3.63, 3.8) is 0 Å². The van der Waals surface area contributed by atoms with Crippen molar-refractivity contribution in [3.8, 4) is 0 Å². The minimum atomic E-state index is -0.809. The van der Waals surface area contributed by atoms with E-state index in [4.69, 9.17) is 0 Å². The van der Waals surface area contributed by atoms with Crippen LogP contribution in [0.2, 0.25) is 0 Å². The maximum atomic E-state index is 12.8. The molecule has 4 N–H and O–H groups in total. The van der Waals surface area contributed by atoms with Gasteiger partial charge in [0.1, 0.15) is 18.1 Å². The van der Waals surface area contributed by atoms with Gasteiger partial charge in [-0.1, -0.05) is 48.5 Å². The zero-order valence-corrected chi connectivity index (χ0v) is 18.3. The standard InChI is InChI=1S/C20H38N4O4/c1-8-9-21-18(26)15(10-12(2)3)23-20(28)17(14(6)7)24-19(27)16(13(4)5)22-11-25/h11-17H,8-10H2,1-7H3,(H,21,26)(H,22,25)(H,23,28)(H,24,27). The molecule has 0 fully saturated rings. The average molecular weight is 399 g/mol. The lowest BCUT2D eigenvalue weighted by Gasteiger charge is -2.28. The highest BCUT2D eigenvalue weighted by molar-refractivity contribution is 5.93. The van der Waals surface area contributed by atoms with Crippen LogP contribution in [0.15, 0.2) is 0 Å². The third-order valence-electron chi connectivity index (χ3n) is 4.33. The molecule has 0 heterocycles. The minimum Gasteiger partial charge on any atom is -0.354 e. The first-order chi connectivity index (χ1) is 13.0. The Morgan fingerprint density at radius 3 is 1.79 bits per heavy atom. The molecule has 0 aromatic rings. The highest BCUT2D eigenvalue weighted by Gasteiger charge is 2.31. The van der Waals surface area contributed by atoms with Crippen LogP contribution in [0.1, 0.15) is 61.3 Å². The van der Waals surface area contributed by atoms with Gasteiger partial charge in [-0.2, -0.15) is 0 Å². The van der Waals surface area contributed by atoms with Crippen molar-refractivity contribution in [3.05, 3.63) is 0 Å². The van der Waals surface area contributed by atoms with Gasteiger partial charge in [0.2, 0.25) is 24.1 Å². The molecule has 0 bridgehead atoms. The Morgan fingerprint density at radius 1 is 0.821 bits per heavy atom. The first-order valence-electron chi connectivity index (χ1n) is 10.1. The maximum Gasteiger partial charge on any atom is 0.243 e. The third-order valence-corrected chi connectivity index (χ3v) is 4.33. The van der Waals surface area contributed by atoms with Gasteiger partial charge in [0, 0.05) is 6.54 Å². The molecule has 0 rings (SSSR count). The van der Waals surface area contributed by atoms with E-state index < -0.39 is 29.9 Å². The lowest BCUT2D eigenvalue weighted by atomic mass is 9.98. The lowest BCUT2D eigenvalue weighted by Crippen LogP contribution is -2.58. The van der Waals surface area contributed by atoms with Gasteiger partial charge < -0.3 is 21.3 Å². The Balaban J connectivity index is 5.26. The van der Waals surface area contributed by atoms with E-state index in [9.17, 15) is 19.2 Å². The molecule has 0 spiro atoms. The number of nitrogens with one attached hydrogen (secondary N) is 4. The molecule has 3 atom stereocenters. The summed E-state index contributed by atoms with van der Waals surface area (Å²) in [6, 6.07) is -2.20. The molecule has 0 aromatic heterocycles. The van der Waals surface area contributed by atoms with Crippen molar-refractivity contribution in [1.29, 1.82) is 0 Å². The zero-order chi connectivity index (χ0) is 21.9. The predicted molar refractivity (Wildman–Crippen MR) is 109 cm³/mol. The number of amides is 4. The largest absolute Gasteiger partial charge is 0.354 e. The van der Waals surface area contributed by atoms with Crippen molar-refractivity contribution >= 4 is 24.1 Å². The maximum absolute atomic E-state index is 12.8. The molecule has 0 aliphatic carbocycles. The summed E-state index contributed by atoms with van der Waals surface area (Å²) in [5.41, 5.74) is 0. The second-order valence-electron chi connectivity index (χ2n) is 8.22. The van der Waals surface area contributed by atoms with Gasteiger partial charge in [0.15, 0.2) is 0 Å². The molecule has 4 amide bonds. The monoisotopic (exact) mass is 398 g/mol. The number of rotatable bonds is 13. The van der Waals surface area contributed by atoms with Gasteiger partial charge in [0.05, 0.1) is 0 Å². The molecule has 0 saturated carbocycles. The summed E-state index contributed by atoms with van der Waals surface area (Å²) in [6.45, 7) is 13.7. The molecule has 3 unspecified atom stereocenters. The number of carbonyl (C=O) groups is 4. The van der Waals surface area contributed by atoms with Crippen molar-refractivity contribution in [2.75, 3.05) is 6.54 Å². The fraction of sp³-hybridized carbons (Fsp3) is 0.800. The first-order valence-corrected chi connectivity index (χ1v) is 10.1. The van der Waals surface area contributed by atoms with Crippen LogP contribution in [-0.4, -0.2) is 48.8 Å². The molecular formula is C20H38N4O4. The van der Waals surface area contributed by atoms with E-state index in [0.717, 1.165) is 6.42 Å². The molecule has 0 aromatic carbocycles. The second kappa shape index (κ2) is 13.1. The Labute approximate surface area is 169 Å². The summed E-state index contributed by atoms with van der Waals surface area (Å²) in [4.78, 5) is 48.6. The predicted octanol–water partition coefficient (Wildman–Crippen LogP) is 0.955. The molecule has 0 aliphatic heterocycles. The van der Waals surface area contributed by atoms with Gasteiger partial charge in [0.25, 0.3) is 0 Å². The number of hydrogen-bond acceptors (Lipinski definition) is 4. The van der Waals surface area contributed by atoms with Crippen LogP contribution in [0.5, 0.6) is 0 Å². The summed E-state index contributed by atoms with van der Waals surface area (Å²) in [5.74, 6) is -1.16. The lowest BCUT2D eigenvalue weighted by molar-refractivity contribution is -0.134. The van der Waals surface area contributed by atoms with E-state index in [1.54, 1.807) is 0 Å². The average Bonchev–Trinajstić information content (AvgIpc) is 2.60. The van der Waals surface area contributed by atoms with E-state index >= 15 is 0 Å². The van der Waals surface area contributed by atoms with Gasteiger partial charge >= 0.3 is 0 Å². The van der Waals surface area contributed by atoms with Crippen LogP contribution < -0.4 is 21.3 Å². The normalized spacial score (nSPS) is 14.4. The summed E-state index contributed by atoms with van der Waals surface area (Å²) in [7, 11) is 0. The van der Waals surface area contributed by atoms with E-state index in [1.165, 1.54) is 0 Å². The summed E-state index contributed by atoms with van der Waals surface area (Å²) in [5, 5.41) is 10.8. The molecule has 8 nitrogen and oxygen atoms in total. The van der Waals surface area contributed by atoms with Gasteiger partial charge in [-0.3, -0.25) is 19.2 Å².